The van der Waals surface area contributed by atoms with Crippen LogP contribution in [0.3, 0.4) is 0 Å². The maximum Gasteiger partial charge on any atom is 0.230 e. The van der Waals surface area contributed by atoms with Crippen molar-refractivity contribution in [2.75, 3.05) is 68.5 Å². The number of piperazine rings is 1. The van der Waals surface area contributed by atoms with Gasteiger partial charge in [-0.25, -0.2) is 9.97 Å². The molecule has 1 unspecified atom stereocenters. The van der Waals surface area contributed by atoms with Crippen LogP contribution in [0.1, 0.15) is 12.8 Å². The molecular formula is C26H32N8O2. The number of carbonyl (C=O) groups excluding carboxylic acids is 1. The largest absolute Gasteiger partial charge is 0.496 e. The fraction of sp³-hybridized carbons (Fsp3) is 0.423. The van der Waals surface area contributed by atoms with Crippen molar-refractivity contribution in [1.82, 2.24) is 25.1 Å². The van der Waals surface area contributed by atoms with Crippen molar-refractivity contribution in [1.29, 1.82) is 0 Å². The zero-order valence-electron chi connectivity index (χ0n) is 20.8. The number of hydrogen-bond acceptors (Lipinski definition) is 9. The van der Waals surface area contributed by atoms with Crippen molar-refractivity contribution in [3.63, 3.8) is 0 Å². The normalized spacial score (nSPS) is 18.7. The first kappa shape index (κ1) is 23.9. The minimum absolute atomic E-state index is 0.0265. The number of aromatic nitrogens is 4. The van der Waals surface area contributed by atoms with Crippen LogP contribution >= 0.6 is 0 Å². The molecule has 2 saturated heterocycles. The first-order valence-corrected chi connectivity index (χ1v) is 12.4. The number of nitrogens with one attached hydrogen (secondary N) is 1. The fourth-order valence-electron chi connectivity index (χ4n) is 4.75. The van der Waals surface area contributed by atoms with E-state index < -0.39 is 0 Å². The van der Waals surface area contributed by atoms with Crippen molar-refractivity contribution >= 4 is 23.4 Å². The number of amides is 1. The number of para-hydroxylation sites is 1. The minimum atomic E-state index is -0.156. The molecule has 10 nitrogen and oxygen atoms in total. The number of rotatable bonds is 6. The molecule has 1 N–H and O–H groups in total. The van der Waals surface area contributed by atoms with Gasteiger partial charge in [-0.3, -0.25) is 4.79 Å². The SMILES string of the molecule is COc1ccccc1-c1ccc(N2CCCC(C(=O)Nc3cc(N4CCN(C)CC4)ncn3)C2)nn1. The Morgan fingerprint density at radius 2 is 1.81 bits per heavy atom. The molecule has 10 heteroatoms. The monoisotopic (exact) mass is 488 g/mol. The van der Waals surface area contributed by atoms with E-state index in [1.54, 1.807) is 7.11 Å². The third kappa shape index (κ3) is 5.38. The second-order valence-corrected chi connectivity index (χ2v) is 9.30. The van der Waals surface area contributed by atoms with E-state index in [9.17, 15) is 4.79 Å². The van der Waals surface area contributed by atoms with Gasteiger partial charge in [0.05, 0.1) is 18.7 Å². The van der Waals surface area contributed by atoms with E-state index in [1.807, 2.05) is 42.5 Å². The zero-order valence-corrected chi connectivity index (χ0v) is 20.8. The van der Waals surface area contributed by atoms with Crippen LogP contribution in [0.15, 0.2) is 48.8 Å². The number of piperidine rings is 1. The van der Waals surface area contributed by atoms with E-state index >= 15 is 0 Å². The van der Waals surface area contributed by atoms with E-state index in [0.717, 1.165) is 74.2 Å². The Morgan fingerprint density at radius 1 is 0.972 bits per heavy atom. The Labute approximate surface area is 211 Å². The van der Waals surface area contributed by atoms with Crippen LogP contribution in [0, 0.1) is 5.92 Å². The molecule has 1 atom stereocenters. The summed E-state index contributed by atoms with van der Waals surface area (Å²) >= 11 is 0. The average Bonchev–Trinajstić information content (AvgIpc) is 2.94. The first-order chi connectivity index (χ1) is 17.6. The van der Waals surface area contributed by atoms with Gasteiger partial charge in [0.25, 0.3) is 0 Å². The molecule has 2 aliphatic rings. The zero-order chi connectivity index (χ0) is 24.9. The van der Waals surface area contributed by atoms with Gasteiger partial charge < -0.3 is 24.8 Å². The molecule has 0 bridgehead atoms. The van der Waals surface area contributed by atoms with Crippen molar-refractivity contribution in [2.24, 2.45) is 5.92 Å². The third-order valence-electron chi connectivity index (χ3n) is 6.88. The number of anilines is 3. The Kier molecular flexibility index (Phi) is 7.22. The van der Waals surface area contributed by atoms with Gasteiger partial charge in [-0.1, -0.05) is 12.1 Å². The molecular weight excluding hydrogens is 456 g/mol. The number of ether oxygens (including phenoxy) is 1. The number of hydrogen-bond donors (Lipinski definition) is 1. The van der Waals surface area contributed by atoms with Gasteiger partial charge in [0.15, 0.2) is 5.82 Å². The first-order valence-electron chi connectivity index (χ1n) is 12.4. The number of likely N-dealkylation sites (N-methyl/N-ethyl adjacent to an activating group) is 1. The lowest BCUT2D eigenvalue weighted by Gasteiger charge is -2.33. The molecule has 2 fully saturated rings. The van der Waals surface area contributed by atoms with Gasteiger partial charge in [-0.05, 0) is 44.2 Å². The quantitative estimate of drug-likeness (QED) is 0.561. The molecule has 1 aromatic carbocycles. The third-order valence-corrected chi connectivity index (χ3v) is 6.88. The van der Waals surface area contributed by atoms with E-state index in [1.165, 1.54) is 6.33 Å². The Hall–Kier alpha value is -3.79. The van der Waals surface area contributed by atoms with Crippen LogP contribution < -0.4 is 19.9 Å². The van der Waals surface area contributed by atoms with Gasteiger partial charge >= 0.3 is 0 Å². The molecule has 3 aromatic rings. The smallest absolute Gasteiger partial charge is 0.230 e. The lowest BCUT2D eigenvalue weighted by Crippen LogP contribution is -2.44. The van der Waals surface area contributed by atoms with Gasteiger partial charge in [-0.15, -0.1) is 10.2 Å². The predicted octanol–water partition coefficient (Wildman–Crippen LogP) is 2.55. The summed E-state index contributed by atoms with van der Waals surface area (Å²) < 4.78 is 5.45. The molecule has 4 heterocycles. The maximum absolute atomic E-state index is 13.1. The lowest BCUT2D eigenvalue weighted by molar-refractivity contribution is -0.120. The Bertz CT molecular complexity index is 1180. The van der Waals surface area contributed by atoms with Crippen LogP contribution in [0.2, 0.25) is 0 Å². The molecule has 0 saturated carbocycles. The van der Waals surface area contributed by atoms with Gasteiger partial charge in [0.1, 0.15) is 23.7 Å². The summed E-state index contributed by atoms with van der Waals surface area (Å²) in [5.41, 5.74) is 1.65. The second kappa shape index (κ2) is 10.9. The summed E-state index contributed by atoms with van der Waals surface area (Å²) in [6.07, 6.45) is 3.26. The summed E-state index contributed by atoms with van der Waals surface area (Å²) in [5.74, 6) is 2.74. The van der Waals surface area contributed by atoms with Crippen LogP contribution in [-0.4, -0.2) is 84.4 Å². The summed E-state index contributed by atoms with van der Waals surface area (Å²) in [6.45, 7) is 5.24. The van der Waals surface area contributed by atoms with Gasteiger partial charge in [-0.2, -0.15) is 0 Å². The highest BCUT2D eigenvalue weighted by Gasteiger charge is 2.27. The Balaban J connectivity index is 1.22. The number of carbonyl (C=O) groups is 1. The topological polar surface area (TPSA) is 99.6 Å². The summed E-state index contributed by atoms with van der Waals surface area (Å²) in [6, 6.07) is 13.5. The maximum atomic E-state index is 13.1. The molecule has 2 aromatic heterocycles. The van der Waals surface area contributed by atoms with Crippen molar-refractivity contribution in [3.8, 4) is 17.0 Å². The highest BCUT2D eigenvalue weighted by atomic mass is 16.5. The van der Waals surface area contributed by atoms with E-state index in [-0.39, 0.29) is 11.8 Å². The fourth-order valence-corrected chi connectivity index (χ4v) is 4.75. The Morgan fingerprint density at radius 3 is 2.58 bits per heavy atom. The van der Waals surface area contributed by atoms with Crippen molar-refractivity contribution in [3.05, 3.63) is 48.8 Å². The van der Waals surface area contributed by atoms with Gasteiger partial charge in [0.2, 0.25) is 5.91 Å². The standard InChI is InChI=1S/C26H32N8O2/c1-32-12-14-33(15-13-32)25-16-23(27-18-28-25)29-26(35)19-6-5-11-34(17-19)24-10-9-21(30-31-24)20-7-3-4-8-22(20)36-2/h3-4,7-10,16,18-19H,5-6,11-15,17H2,1-2H3,(H,27,28,29,35). The van der Waals surface area contributed by atoms with Crippen LogP contribution in [0.25, 0.3) is 11.3 Å². The van der Waals surface area contributed by atoms with Crippen LogP contribution in [0.4, 0.5) is 17.5 Å². The number of nitrogens with zero attached hydrogens (tertiary/aromatic N) is 7. The summed E-state index contributed by atoms with van der Waals surface area (Å²) in [4.78, 5) is 28.5. The van der Waals surface area contributed by atoms with Crippen LogP contribution in [0.5, 0.6) is 5.75 Å². The molecule has 1 amide bonds. The van der Waals surface area contributed by atoms with Crippen molar-refractivity contribution in [2.45, 2.75) is 12.8 Å². The molecule has 0 spiro atoms. The van der Waals surface area contributed by atoms with Gasteiger partial charge in [0, 0.05) is 50.9 Å². The molecule has 188 valence electrons. The molecule has 36 heavy (non-hydrogen) atoms. The summed E-state index contributed by atoms with van der Waals surface area (Å²) in [5, 5.41) is 11.9. The van der Waals surface area contributed by atoms with Crippen LogP contribution in [-0.2, 0) is 4.79 Å². The highest BCUT2D eigenvalue weighted by molar-refractivity contribution is 5.92. The molecule has 5 rings (SSSR count). The van der Waals surface area contributed by atoms with E-state index in [4.69, 9.17) is 4.74 Å². The average molecular weight is 489 g/mol. The molecule has 0 aliphatic carbocycles. The van der Waals surface area contributed by atoms with Crippen molar-refractivity contribution < 1.29 is 9.53 Å². The minimum Gasteiger partial charge on any atom is -0.496 e. The second-order valence-electron chi connectivity index (χ2n) is 9.30. The number of methoxy groups -OCH3 is 1. The molecule has 0 radical (unpaired) electrons. The predicted molar refractivity (Wildman–Crippen MR) is 139 cm³/mol. The number of benzene rings is 1. The highest BCUT2D eigenvalue weighted by Crippen LogP contribution is 2.29. The molecule has 2 aliphatic heterocycles. The van der Waals surface area contributed by atoms with E-state index in [2.05, 4.69) is 47.2 Å². The summed E-state index contributed by atoms with van der Waals surface area (Å²) in [7, 11) is 3.77. The van der Waals surface area contributed by atoms with E-state index in [0.29, 0.717) is 12.4 Å². The lowest BCUT2D eigenvalue weighted by atomic mass is 9.97.